The minimum atomic E-state index is -0.172. The van der Waals surface area contributed by atoms with E-state index in [2.05, 4.69) is 5.32 Å². The molecule has 1 aliphatic rings. The quantitative estimate of drug-likeness (QED) is 0.889. The van der Waals surface area contributed by atoms with Crippen LogP contribution in [0.3, 0.4) is 0 Å². The molecule has 3 N–H and O–H groups in total. The molecule has 3 rings (SSSR count). The zero-order chi connectivity index (χ0) is 16.2. The van der Waals surface area contributed by atoms with Crippen molar-refractivity contribution >= 4 is 34.8 Å². The first-order chi connectivity index (χ1) is 11.1. The average molecular weight is 331 g/mol. The van der Waals surface area contributed by atoms with Crippen LogP contribution < -0.4 is 15.5 Å². The molecule has 2 amide bonds. The zero-order valence-electron chi connectivity index (χ0n) is 12.5. The molecule has 0 spiro atoms. The Morgan fingerprint density at radius 3 is 2.70 bits per heavy atom. The molecule has 0 radical (unpaired) electrons. The number of nitrogens with two attached hydrogens (primary N) is 1. The van der Waals surface area contributed by atoms with Crippen molar-refractivity contribution in [1.29, 1.82) is 0 Å². The fourth-order valence-corrected chi connectivity index (χ4v) is 2.67. The van der Waals surface area contributed by atoms with Gasteiger partial charge in [-0.15, -0.1) is 0 Å². The van der Waals surface area contributed by atoms with Gasteiger partial charge in [0.25, 0.3) is 5.91 Å². The molecule has 0 bridgehead atoms. The molecular formula is C17H17ClN3O2+. The molecule has 23 heavy (non-hydrogen) atoms. The Balaban J connectivity index is 1.62. The van der Waals surface area contributed by atoms with Crippen LogP contribution in [0.4, 0.5) is 11.4 Å². The SMILES string of the molecule is O=C1CN(C(=O)C[NH2+]Cc2ccc(Cl)cc2)c2ccccc2N1. The highest BCUT2D eigenvalue weighted by Gasteiger charge is 2.27. The van der Waals surface area contributed by atoms with E-state index in [0.29, 0.717) is 17.3 Å². The number of hydrogen-bond acceptors (Lipinski definition) is 2. The van der Waals surface area contributed by atoms with Crippen LogP contribution in [0.2, 0.25) is 5.02 Å². The van der Waals surface area contributed by atoms with Crippen molar-refractivity contribution in [3.63, 3.8) is 0 Å². The second-order valence-corrected chi connectivity index (χ2v) is 5.81. The first-order valence-corrected chi connectivity index (χ1v) is 7.76. The summed E-state index contributed by atoms with van der Waals surface area (Å²) in [6.45, 7) is 1.03. The maximum absolute atomic E-state index is 12.4. The molecule has 5 nitrogen and oxygen atoms in total. The van der Waals surface area contributed by atoms with Gasteiger partial charge in [-0.1, -0.05) is 35.9 Å². The summed E-state index contributed by atoms with van der Waals surface area (Å²) in [4.78, 5) is 25.7. The summed E-state index contributed by atoms with van der Waals surface area (Å²) < 4.78 is 0. The van der Waals surface area contributed by atoms with Crippen LogP contribution in [0.25, 0.3) is 0 Å². The van der Waals surface area contributed by atoms with Gasteiger partial charge in [0.2, 0.25) is 5.91 Å². The number of quaternary nitrogens is 1. The summed E-state index contributed by atoms with van der Waals surface area (Å²) in [5.74, 6) is -0.254. The van der Waals surface area contributed by atoms with Crippen molar-refractivity contribution in [2.45, 2.75) is 6.54 Å². The summed E-state index contributed by atoms with van der Waals surface area (Å²) in [6.07, 6.45) is 0. The zero-order valence-corrected chi connectivity index (χ0v) is 13.2. The standard InChI is InChI=1S/C17H16ClN3O2/c18-13-7-5-12(6-8-13)9-19-10-17(23)21-11-16(22)20-14-3-1-2-4-15(14)21/h1-8,19H,9-11H2,(H,20,22)/p+1. The van der Waals surface area contributed by atoms with Gasteiger partial charge in [0.05, 0.1) is 11.4 Å². The Morgan fingerprint density at radius 2 is 1.91 bits per heavy atom. The van der Waals surface area contributed by atoms with E-state index >= 15 is 0 Å². The lowest BCUT2D eigenvalue weighted by atomic mass is 10.2. The molecule has 118 valence electrons. The van der Waals surface area contributed by atoms with E-state index in [9.17, 15) is 9.59 Å². The Labute approximate surface area is 139 Å². The van der Waals surface area contributed by atoms with E-state index < -0.39 is 0 Å². The maximum atomic E-state index is 12.4. The van der Waals surface area contributed by atoms with Crippen LogP contribution in [0.15, 0.2) is 48.5 Å². The van der Waals surface area contributed by atoms with E-state index in [1.807, 2.05) is 47.8 Å². The molecule has 2 aromatic carbocycles. The maximum Gasteiger partial charge on any atom is 0.282 e. The monoisotopic (exact) mass is 330 g/mol. The fourth-order valence-electron chi connectivity index (χ4n) is 2.55. The third kappa shape index (κ3) is 3.70. The van der Waals surface area contributed by atoms with Gasteiger partial charge in [-0.3, -0.25) is 14.5 Å². The summed E-state index contributed by atoms with van der Waals surface area (Å²) >= 11 is 5.85. The number of nitrogens with zero attached hydrogens (tertiary/aromatic N) is 1. The minimum absolute atomic E-state index is 0.0602. The van der Waals surface area contributed by atoms with E-state index in [-0.39, 0.29) is 24.9 Å². The Hall–Kier alpha value is -2.37. The lowest BCUT2D eigenvalue weighted by Crippen LogP contribution is -2.85. The summed E-state index contributed by atoms with van der Waals surface area (Å²) in [6, 6.07) is 14.9. The number of fused-ring (bicyclic) bond motifs is 1. The molecule has 0 saturated heterocycles. The number of amides is 2. The van der Waals surface area contributed by atoms with Gasteiger partial charge < -0.3 is 10.6 Å². The number of para-hydroxylation sites is 2. The van der Waals surface area contributed by atoms with Crippen LogP contribution in [-0.4, -0.2) is 24.9 Å². The highest BCUT2D eigenvalue weighted by Crippen LogP contribution is 2.28. The van der Waals surface area contributed by atoms with Crippen molar-refractivity contribution in [2.24, 2.45) is 0 Å². The van der Waals surface area contributed by atoms with Gasteiger partial charge in [0.15, 0.2) is 6.54 Å². The predicted octanol–water partition coefficient (Wildman–Crippen LogP) is 1.39. The minimum Gasteiger partial charge on any atom is -0.335 e. The van der Waals surface area contributed by atoms with Crippen LogP contribution in [0, 0.1) is 0 Å². The Kier molecular flexibility index (Phi) is 4.60. The molecule has 0 fully saturated rings. The third-order valence-corrected chi connectivity index (χ3v) is 3.94. The van der Waals surface area contributed by atoms with Crippen molar-refractivity contribution in [2.75, 3.05) is 23.3 Å². The topological polar surface area (TPSA) is 66.0 Å². The third-order valence-electron chi connectivity index (χ3n) is 3.68. The van der Waals surface area contributed by atoms with Crippen LogP contribution >= 0.6 is 11.6 Å². The molecule has 0 atom stereocenters. The van der Waals surface area contributed by atoms with Crippen molar-refractivity contribution < 1.29 is 14.9 Å². The van der Waals surface area contributed by atoms with Gasteiger partial charge in [-0.05, 0) is 24.3 Å². The van der Waals surface area contributed by atoms with E-state index in [4.69, 9.17) is 11.6 Å². The average Bonchev–Trinajstić information content (AvgIpc) is 2.55. The highest BCUT2D eigenvalue weighted by atomic mass is 35.5. The number of halogens is 1. The van der Waals surface area contributed by atoms with Crippen LogP contribution in [0.5, 0.6) is 0 Å². The molecule has 1 heterocycles. The fraction of sp³-hybridized carbons (Fsp3) is 0.176. The van der Waals surface area contributed by atoms with Crippen LogP contribution in [-0.2, 0) is 16.1 Å². The smallest absolute Gasteiger partial charge is 0.282 e. The van der Waals surface area contributed by atoms with E-state index in [1.165, 1.54) is 4.90 Å². The normalized spacial score (nSPS) is 13.4. The number of hydrogen-bond donors (Lipinski definition) is 2. The molecule has 0 unspecified atom stereocenters. The van der Waals surface area contributed by atoms with Gasteiger partial charge in [0, 0.05) is 10.6 Å². The highest BCUT2D eigenvalue weighted by molar-refractivity contribution is 6.30. The largest absolute Gasteiger partial charge is 0.335 e. The van der Waals surface area contributed by atoms with E-state index in [1.54, 1.807) is 6.07 Å². The molecule has 0 aliphatic carbocycles. The number of anilines is 2. The predicted molar refractivity (Wildman–Crippen MR) is 89.4 cm³/mol. The summed E-state index contributed by atoms with van der Waals surface area (Å²) in [5, 5.41) is 5.39. The summed E-state index contributed by atoms with van der Waals surface area (Å²) in [5.41, 5.74) is 2.52. The molecule has 0 aromatic heterocycles. The lowest BCUT2D eigenvalue weighted by molar-refractivity contribution is -0.659. The number of carbonyl (C=O) groups is 2. The Bertz CT molecular complexity index is 731. The van der Waals surface area contributed by atoms with Gasteiger partial charge in [-0.25, -0.2) is 0 Å². The second kappa shape index (κ2) is 6.81. The summed E-state index contributed by atoms with van der Waals surface area (Å²) in [7, 11) is 0. The van der Waals surface area contributed by atoms with Crippen LogP contribution in [0.1, 0.15) is 5.56 Å². The molecule has 2 aromatic rings. The number of rotatable bonds is 4. The second-order valence-electron chi connectivity index (χ2n) is 5.37. The van der Waals surface area contributed by atoms with Gasteiger partial charge in [-0.2, -0.15) is 0 Å². The van der Waals surface area contributed by atoms with Crippen molar-refractivity contribution in [3.05, 3.63) is 59.1 Å². The lowest BCUT2D eigenvalue weighted by Gasteiger charge is -2.28. The van der Waals surface area contributed by atoms with E-state index in [0.717, 1.165) is 11.3 Å². The molecule has 6 heteroatoms. The first-order valence-electron chi connectivity index (χ1n) is 7.39. The molecule has 1 aliphatic heterocycles. The van der Waals surface area contributed by atoms with Gasteiger partial charge >= 0.3 is 0 Å². The number of benzene rings is 2. The number of nitrogens with one attached hydrogen (secondary N) is 1. The number of carbonyl (C=O) groups excluding carboxylic acids is 2. The van der Waals surface area contributed by atoms with Crippen molar-refractivity contribution in [3.8, 4) is 0 Å². The van der Waals surface area contributed by atoms with Gasteiger partial charge in [0.1, 0.15) is 13.1 Å². The molecular weight excluding hydrogens is 314 g/mol. The Morgan fingerprint density at radius 1 is 1.17 bits per heavy atom. The van der Waals surface area contributed by atoms with Crippen molar-refractivity contribution in [1.82, 2.24) is 0 Å². The first kappa shape index (κ1) is 15.5. The molecule has 0 saturated carbocycles.